The lowest BCUT2D eigenvalue weighted by Crippen LogP contribution is -2.22. The molecule has 0 radical (unpaired) electrons. The number of fused-ring (bicyclic) bond motifs is 1. The van der Waals surface area contributed by atoms with Crippen LogP contribution in [0.2, 0.25) is 0 Å². The first-order valence-electron chi connectivity index (χ1n) is 5.01. The summed E-state index contributed by atoms with van der Waals surface area (Å²) in [6.07, 6.45) is 1.51. The minimum atomic E-state index is -3.77. The number of anilines is 1. The Hall–Kier alpha value is -1.93. The summed E-state index contributed by atoms with van der Waals surface area (Å²) >= 11 is 1.31. The lowest BCUT2D eigenvalue weighted by molar-refractivity contribution is 0.587. The fourth-order valence-corrected chi connectivity index (χ4v) is 3.20. The van der Waals surface area contributed by atoms with Gasteiger partial charge in [0.05, 0.1) is 17.2 Å². The number of para-hydroxylation sites is 1. The zero-order chi connectivity index (χ0) is 12.6. The van der Waals surface area contributed by atoms with Crippen molar-refractivity contribution in [1.82, 2.24) is 14.2 Å². The number of benzene rings is 1. The van der Waals surface area contributed by atoms with Gasteiger partial charge in [-0.15, -0.1) is 15.4 Å². The molecule has 0 unspecified atom stereocenters. The lowest BCUT2D eigenvalue weighted by Gasteiger charge is -2.05. The van der Waals surface area contributed by atoms with Crippen LogP contribution < -0.4 is 4.72 Å². The third kappa shape index (κ3) is 1.85. The van der Waals surface area contributed by atoms with Gasteiger partial charge in [0.25, 0.3) is 0 Å². The van der Waals surface area contributed by atoms with E-state index in [1.54, 1.807) is 29.1 Å². The summed E-state index contributed by atoms with van der Waals surface area (Å²) in [5.74, 6) is 0.291. The summed E-state index contributed by atoms with van der Waals surface area (Å²) < 4.78 is 27.6. The van der Waals surface area contributed by atoms with Crippen LogP contribution in [0, 0.1) is 0 Å². The molecule has 0 fully saturated rings. The number of nitrogens with one attached hydrogen (secondary N) is 1. The highest BCUT2D eigenvalue weighted by Crippen LogP contribution is 2.16. The number of aromatic nitrogens is 3. The van der Waals surface area contributed by atoms with Crippen molar-refractivity contribution >= 4 is 38.3 Å². The molecule has 1 aromatic carbocycles. The molecule has 3 aromatic rings. The Morgan fingerprint density at radius 1 is 1.28 bits per heavy atom. The molecule has 2 aromatic heterocycles. The highest BCUT2D eigenvalue weighted by Gasteiger charge is 2.17. The maximum Gasteiger partial charge on any atom is 0.344 e. The number of thiazole rings is 1. The van der Waals surface area contributed by atoms with Crippen LogP contribution in [0.1, 0.15) is 0 Å². The molecule has 0 saturated heterocycles. The second-order valence-electron chi connectivity index (χ2n) is 3.53. The first-order chi connectivity index (χ1) is 8.67. The van der Waals surface area contributed by atoms with Crippen molar-refractivity contribution in [3.63, 3.8) is 0 Å². The quantitative estimate of drug-likeness (QED) is 0.792. The largest absolute Gasteiger partial charge is 0.344 e. The monoisotopic (exact) mass is 280 g/mol. The van der Waals surface area contributed by atoms with E-state index in [1.165, 1.54) is 17.5 Å². The van der Waals surface area contributed by atoms with Gasteiger partial charge in [0.15, 0.2) is 5.82 Å². The topological polar surface area (TPSA) is 76.9 Å². The molecular weight excluding hydrogens is 272 g/mol. The van der Waals surface area contributed by atoms with Crippen molar-refractivity contribution in [2.45, 2.75) is 0 Å². The van der Waals surface area contributed by atoms with Gasteiger partial charge < -0.3 is 0 Å². The molecule has 6 nitrogen and oxygen atoms in total. The maximum absolute atomic E-state index is 12.1. The van der Waals surface area contributed by atoms with Crippen molar-refractivity contribution in [3.05, 3.63) is 41.4 Å². The van der Waals surface area contributed by atoms with Gasteiger partial charge in [0.2, 0.25) is 0 Å². The van der Waals surface area contributed by atoms with Crippen LogP contribution in [0.15, 0.2) is 41.4 Å². The van der Waals surface area contributed by atoms with E-state index in [0.717, 1.165) is 9.47 Å². The van der Waals surface area contributed by atoms with E-state index in [1.807, 2.05) is 6.07 Å². The zero-order valence-corrected chi connectivity index (χ0v) is 10.6. The minimum absolute atomic E-state index is 0.291. The predicted molar refractivity (Wildman–Crippen MR) is 69.8 cm³/mol. The molecule has 0 aliphatic carbocycles. The average molecular weight is 280 g/mol. The van der Waals surface area contributed by atoms with Crippen LogP contribution in [0.25, 0.3) is 10.9 Å². The van der Waals surface area contributed by atoms with E-state index in [2.05, 4.69) is 14.8 Å². The van der Waals surface area contributed by atoms with Crippen LogP contribution in [0.4, 0.5) is 5.82 Å². The van der Waals surface area contributed by atoms with Crippen LogP contribution in [-0.4, -0.2) is 22.6 Å². The lowest BCUT2D eigenvalue weighted by atomic mass is 10.3. The Morgan fingerprint density at radius 2 is 2.11 bits per heavy atom. The number of hydrogen-bond acceptors (Lipinski definition) is 5. The van der Waals surface area contributed by atoms with E-state index >= 15 is 0 Å². The van der Waals surface area contributed by atoms with Gasteiger partial charge in [-0.1, -0.05) is 18.2 Å². The highest BCUT2D eigenvalue weighted by atomic mass is 32.2. The standard InChI is InChI=1S/C10H8N4O2S2/c15-18(16,13-10-6-17-7-11-10)14-9-4-2-1-3-8(9)5-12-14/h1-7,13H. The summed E-state index contributed by atoms with van der Waals surface area (Å²) in [6.45, 7) is 0. The molecule has 0 amide bonds. The number of rotatable bonds is 3. The van der Waals surface area contributed by atoms with Crippen molar-refractivity contribution in [3.8, 4) is 0 Å². The Kier molecular flexibility index (Phi) is 2.53. The van der Waals surface area contributed by atoms with Crippen LogP contribution >= 0.6 is 11.3 Å². The summed E-state index contributed by atoms with van der Waals surface area (Å²) in [5, 5.41) is 6.27. The SMILES string of the molecule is O=S(=O)(Nc1cscn1)n1ncc2ccccc21. The first-order valence-corrected chi connectivity index (χ1v) is 7.39. The van der Waals surface area contributed by atoms with Gasteiger partial charge >= 0.3 is 10.2 Å². The number of nitrogens with zero attached hydrogens (tertiary/aromatic N) is 3. The van der Waals surface area contributed by atoms with Gasteiger partial charge in [-0.3, -0.25) is 0 Å². The summed E-state index contributed by atoms with van der Waals surface area (Å²) in [5.41, 5.74) is 2.08. The predicted octanol–water partition coefficient (Wildman–Crippen LogP) is 1.70. The van der Waals surface area contributed by atoms with E-state index < -0.39 is 10.2 Å². The van der Waals surface area contributed by atoms with Gasteiger partial charge in [-0.05, 0) is 6.07 Å². The molecule has 0 aliphatic rings. The third-order valence-corrected chi connectivity index (χ3v) is 4.14. The molecule has 0 aliphatic heterocycles. The normalized spacial score (nSPS) is 11.8. The molecule has 2 heterocycles. The summed E-state index contributed by atoms with van der Waals surface area (Å²) in [7, 11) is -3.77. The molecule has 18 heavy (non-hydrogen) atoms. The fourth-order valence-electron chi connectivity index (χ4n) is 1.58. The van der Waals surface area contributed by atoms with Crippen molar-refractivity contribution < 1.29 is 8.42 Å². The van der Waals surface area contributed by atoms with Gasteiger partial charge in [0.1, 0.15) is 0 Å². The molecule has 8 heteroatoms. The zero-order valence-electron chi connectivity index (χ0n) is 9.02. The molecule has 0 bridgehead atoms. The van der Waals surface area contributed by atoms with Crippen LogP contribution in [0.5, 0.6) is 0 Å². The molecular formula is C10H8N4O2S2. The van der Waals surface area contributed by atoms with Gasteiger partial charge in [-0.2, -0.15) is 13.5 Å². The molecule has 92 valence electrons. The van der Waals surface area contributed by atoms with Gasteiger partial charge in [0, 0.05) is 10.8 Å². The Labute approximate surface area is 107 Å². The van der Waals surface area contributed by atoms with E-state index in [9.17, 15) is 8.42 Å². The van der Waals surface area contributed by atoms with Crippen molar-refractivity contribution in [2.24, 2.45) is 0 Å². The van der Waals surface area contributed by atoms with Gasteiger partial charge in [-0.25, -0.2) is 9.71 Å². The van der Waals surface area contributed by atoms with E-state index in [-0.39, 0.29) is 0 Å². The smallest absolute Gasteiger partial charge is 0.248 e. The second-order valence-corrected chi connectivity index (χ2v) is 5.75. The summed E-state index contributed by atoms with van der Waals surface area (Å²) in [6, 6.07) is 7.09. The van der Waals surface area contributed by atoms with Crippen molar-refractivity contribution in [2.75, 3.05) is 4.72 Å². The second kappa shape index (κ2) is 4.07. The maximum atomic E-state index is 12.1. The molecule has 0 atom stereocenters. The highest BCUT2D eigenvalue weighted by molar-refractivity contribution is 7.91. The molecule has 0 spiro atoms. The third-order valence-electron chi connectivity index (χ3n) is 2.34. The van der Waals surface area contributed by atoms with E-state index in [0.29, 0.717) is 11.3 Å². The molecule has 3 rings (SSSR count). The molecule has 0 saturated carbocycles. The van der Waals surface area contributed by atoms with Crippen LogP contribution in [-0.2, 0) is 10.2 Å². The van der Waals surface area contributed by atoms with E-state index in [4.69, 9.17) is 0 Å². The Balaban J connectivity index is 2.08. The first kappa shape index (κ1) is 11.2. The Morgan fingerprint density at radius 3 is 2.89 bits per heavy atom. The average Bonchev–Trinajstić information content (AvgIpc) is 2.96. The Bertz CT molecular complexity index is 777. The van der Waals surface area contributed by atoms with Crippen molar-refractivity contribution in [1.29, 1.82) is 0 Å². The molecule has 1 N–H and O–H groups in total. The summed E-state index contributed by atoms with van der Waals surface area (Å²) in [4.78, 5) is 3.88. The number of hydrogen-bond donors (Lipinski definition) is 1. The minimum Gasteiger partial charge on any atom is -0.248 e. The van der Waals surface area contributed by atoms with Crippen LogP contribution in [0.3, 0.4) is 0 Å². The fraction of sp³-hybridized carbons (Fsp3) is 0.